The van der Waals surface area contributed by atoms with Crippen LogP contribution in [0.4, 0.5) is 16.2 Å². The molecule has 0 saturated heterocycles. The molecule has 2 amide bonds. The third kappa shape index (κ3) is 4.49. The van der Waals surface area contributed by atoms with Gasteiger partial charge in [0.1, 0.15) is 5.75 Å². The summed E-state index contributed by atoms with van der Waals surface area (Å²) in [5.41, 5.74) is 2.56. The molecule has 0 aliphatic heterocycles. The van der Waals surface area contributed by atoms with Crippen LogP contribution in [0.2, 0.25) is 0 Å². The highest BCUT2D eigenvalue weighted by Gasteiger charge is 2.06. The lowest BCUT2D eigenvalue weighted by molar-refractivity contribution is 0.262. The second-order valence-electron chi connectivity index (χ2n) is 4.52. The van der Waals surface area contributed by atoms with Crippen molar-refractivity contribution in [3.8, 4) is 5.75 Å². The van der Waals surface area contributed by atoms with Crippen LogP contribution in [0.3, 0.4) is 0 Å². The molecule has 0 aliphatic carbocycles. The Morgan fingerprint density at radius 1 is 1.14 bits per heavy atom. The molecular weight excluding hydrogens is 332 g/mol. The number of carbonyl (C=O) groups excluding carboxylic acids is 1. The number of hydrogen-bond acceptors (Lipinski definition) is 2. The smallest absolute Gasteiger partial charge is 0.323 e. The molecule has 0 aromatic heterocycles. The van der Waals surface area contributed by atoms with Gasteiger partial charge in [0, 0.05) is 10.2 Å². The van der Waals surface area contributed by atoms with E-state index >= 15 is 0 Å². The van der Waals surface area contributed by atoms with E-state index < -0.39 is 0 Å². The van der Waals surface area contributed by atoms with Crippen LogP contribution in [-0.2, 0) is 0 Å². The van der Waals surface area contributed by atoms with E-state index in [-0.39, 0.29) is 6.03 Å². The van der Waals surface area contributed by atoms with E-state index in [1.165, 1.54) is 0 Å². The summed E-state index contributed by atoms with van der Waals surface area (Å²) >= 11 is 3.43. The predicted octanol–water partition coefficient (Wildman–Crippen LogP) is 4.80. The number of halogens is 1. The normalized spacial score (nSPS) is 10.0. The van der Waals surface area contributed by atoms with Crippen molar-refractivity contribution in [2.45, 2.75) is 13.8 Å². The van der Waals surface area contributed by atoms with Gasteiger partial charge in [-0.3, -0.25) is 0 Å². The largest absolute Gasteiger partial charge is 0.494 e. The first-order chi connectivity index (χ1) is 10.1. The number of carbonyl (C=O) groups is 1. The van der Waals surface area contributed by atoms with Gasteiger partial charge in [-0.25, -0.2) is 4.79 Å². The van der Waals surface area contributed by atoms with Crippen LogP contribution in [0, 0.1) is 6.92 Å². The van der Waals surface area contributed by atoms with Gasteiger partial charge in [-0.05, 0) is 71.7 Å². The van der Waals surface area contributed by atoms with Crippen molar-refractivity contribution in [3.63, 3.8) is 0 Å². The summed E-state index contributed by atoms with van der Waals surface area (Å²) in [5.74, 6) is 0.782. The first kappa shape index (κ1) is 15.4. The van der Waals surface area contributed by atoms with Crippen LogP contribution in [0.1, 0.15) is 12.5 Å². The highest BCUT2D eigenvalue weighted by atomic mass is 79.9. The molecule has 0 unspecified atom stereocenters. The topological polar surface area (TPSA) is 50.4 Å². The van der Waals surface area contributed by atoms with Crippen molar-refractivity contribution in [2.24, 2.45) is 0 Å². The van der Waals surface area contributed by atoms with Crippen molar-refractivity contribution < 1.29 is 9.53 Å². The molecule has 2 rings (SSSR count). The molecule has 0 spiro atoms. The molecule has 5 heteroatoms. The van der Waals surface area contributed by atoms with Gasteiger partial charge < -0.3 is 15.4 Å². The summed E-state index contributed by atoms with van der Waals surface area (Å²) in [6.45, 7) is 4.54. The number of benzene rings is 2. The van der Waals surface area contributed by atoms with Crippen LogP contribution in [0.5, 0.6) is 5.75 Å². The van der Waals surface area contributed by atoms with Crippen molar-refractivity contribution in [3.05, 3.63) is 52.5 Å². The number of hydrogen-bond donors (Lipinski definition) is 2. The third-order valence-corrected chi connectivity index (χ3v) is 3.45. The molecule has 0 atom stereocenters. The van der Waals surface area contributed by atoms with Gasteiger partial charge >= 0.3 is 6.03 Å². The van der Waals surface area contributed by atoms with E-state index in [4.69, 9.17) is 4.74 Å². The minimum atomic E-state index is -0.288. The van der Waals surface area contributed by atoms with Crippen LogP contribution < -0.4 is 15.4 Å². The number of ether oxygens (including phenoxy) is 1. The van der Waals surface area contributed by atoms with Gasteiger partial charge in [-0.1, -0.05) is 6.07 Å². The van der Waals surface area contributed by atoms with Gasteiger partial charge in [-0.15, -0.1) is 0 Å². The van der Waals surface area contributed by atoms with Gasteiger partial charge in [0.15, 0.2) is 0 Å². The lowest BCUT2D eigenvalue weighted by Gasteiger charge is -2.10. The molecule has 0 bridgehead atoms. The summed E-state index contributed by atoms with van der Waals surface area (Å²) in [6.07, 6.45) is 0. The summed E-state index contributed by atoms with van der Waals surface area (Å²) < 4.78 is 6.21. The minimum Gasteiger partial charge on any atom is -0.494 e. The number of nitrogens with one attached hydrogen (secondary N) is 2. The van der Waals surface area contributed by atoms with Crippen molar-refractivity contribution in [1.29, 1.82) is 0 Å². The van der Waals surface area contributed by atoms with E-state index in [0.29, 0.717) is 12.3 Å². The SMILES string of the molecule is CCOc1ccc(NC(=O)Nc2ccc(C)cc2Br)cc1. The van der Waals surface area contributed by atoms with Crippen molar-refractivity contribution in [2.75, 3.05) is 17.2 Å². The standard InChI is InChI=1S/C16H17BrN2O2/c1-3-21-13-7-5-12(6-8-13)18-16(20)19-15-9-4-11(2)10-14(15)17/h4-10H,3H2,1-2H3,(H2,18,19,20). The Labute approximate surface area is 132 Å². The number of amides is 2. The minimum absolute atomic E-state index is 0.288. The molecule has 2 N–H and O–H groups in total. The Kier molecular flexibility index (Phi) is 5.22. The summed E-state index contributed by atoms with van der Waals surface area (Å²) in [5, 5.41) is 5.57. The zero-order valence-corrected chi connectivity index (χ0v) is 13.5. The van der Waals surface area contributed by atoms with Crippen LogP contribution in [-0.4, -0.2) is 12.6 Å². The van der Waals surface area contributed by atoms with Gasteiger partial charge in [-0.2, -0.15) is 0 Å². The quantitative estimate of drug-likeness (QED) is 0.833. The maximum absolute atomic E-state index is 12.0. The second-order valence-corrected chi connectivity index (χ2v) is 5.37. The second kappa shape index (κ2) is 7.13. The van der Waals surface area contributed by atoms with Crippen molar-refractivity contribution in [1.82, 2.24) is 0 Å². The summed E-state index contributed by atoms with van der Waals surface area (Å²) in [6, 6.07) is 12.7. The Morgan fingerprint density at radius 3 is 2.48 bits per heavy atom. The van der Waals surface area contributed by atoms with Gasteiger partial charge in [0.05, 0.1) is 12.3 Å². The predicted molar refractivity (Wildman–Crippen MR) is 89.1 cm³/mol. The first-order valence-electron chi connectivity index (χ1n) is 6.65. The van der Waals surface area contributed by atoms with Crippen molar-refractivity contribution >= 4 is 33.3 Å². The Hall–Kier alpha value is -2.01. The number of anilines is 2. The summed E-state index contributed by atoms with van der Waals surface area (Å²) in [7, 11) is 0. The highest BCUT2D eigenvalue weighted by Crippen LogP contribution is 2.23. The molecule has 4 nitrogen and oxygen atoms in total. The molecular formula is C16H17BrN2O2. The average molecular weight is 349 g/mol. The van der Waals surface area contributed by atoms with E-state index in [9.17, 15) is 4.79 Å². The molecule has 2 aromatic rings. The Morgan fingerprint density at radius 2 is 1.86 bits per heavy atom. The van der Waals surface area contributed by atoms with E-state index in [1.807, 2.05) is 44.2 Å². The Bertz CT molecular complexity index is 627. The Balaban J connectivity index is 1.98. The monoisotopic (exact) mass is 348 g/mol. The number of aryl methyl sites for hydroxylation is 1. The molecule has 21 heavy (non-hydrogen) atoms. The van der Waals surface area contributed by atoms with Crippen LogP contribution in [0.25, 0.3) is 0 Å². The van der Waals surface area contributed by atoms with E-state index in [1.54, 1.807) is 12.1 Å². The first-order valence-corrected chi connectivity index (χ1v) is 7.45. The molecule has 110 valence electrons. The molecule has 0 heterocycles. The number of rotatable bonds is 4. The highest BCUT2D eigenvalue weighted by molar-refractivity contribution is 9.10. The summed E-state index contributed by atoms with van der Waals surface area (Å²) in [4.78, 5) is 12.0. The van der Waals surface area contributed by atoms with E-state index in [2.05, 4.69) is 26.6 Å². The molecule has 0 radical (unpaired) electrons. The molecule has 0 aliphatic rings. The third-order valence-electron chi connectivity index (χ3n) is 2.80. The molecule has 0 fully saturated rings. The maximum atomic E-state index is 12.0. The van der Waals surface area contributed by atoms with Crippen LogP contribution in [0.15, 0.2) is 46.9 Å². The number of urea groups is 1. The fraction of sp³-hybridized carbons (Fsp3) is 0.188. The van der Waals surface area contributed by atoms with E-state index in [0.717, 1.165) is 21.5 Å². The zero-order chi connectivity index (χ0) is 15.2. The molecule has 2 aromatic carbocycles. The lowest BCUT2D eigenvalue weighted by atomic mass is 10.2. The average Bonchev–Trinajstić information content (AvgIpc) is 2.44. The fourth-order valence-electron chi connectivity index (χ4n) is 1.81. The van der Waals surface area contributed by atoms with Gasteiger partial charge in [0.2, 0.25) is 0 Å². The van der Waals surface area contributed by atoms with Gasteiger partial charge in [0.25, 0.3) is 0 Å². The molecule has 0 saturated carbocycles. The maximum Gasteiger partial charge on any atom is 0.323 e. The lowest BCUT2D eigenvalue weighted by Crippen LogP contribution is -2.19. The van der Waals surface area contributed by atoms with Crippen LogP contribution >= 0.6 is 15.9 Å². The fourth-order valence-corrected chi connectivity index (χ4v) is 2.40. The zero-order valence-electron chi connectivity index (χ0n) is 11.9.